The maximum absolute atomic E-state index is 12.4. The van der Waals surface area contributed by atoms with E-state index in [1.54, 1.807) is 24.3 Å². The first-order chi connectivity index (χ1) is 19.4. The van der Waals surface area contributed by atoms with Gasteiger partial charge >= 0.3 is 0 Å². The lowest BCUT2D eigenvalue weighted by atomic mass is 10.2. The van der Waals surface area contributed by atoms with Crippen LogP contribution in [0.2, 0.25) is 10.0 Å². The molecule has 2 N–H and O–H groups in total. The molecule has 4 aromatic rings. The molecule has 0 bridgehead atoms. The van der Waals surface area contributed by atoms with Crippen molar-refractivity contribution in [3.63, 3.8) is 0 Å². The van der Waals surface area contributed by atoms with Gasteiger partial charge in [0.1, 0.15) is 11.5 Å². The molecule has 0 saturated carbocycles. The lowest BCUT2D eigenvalue weighted by molar-refractivity contribution is -0.115. The van der Waals surface area contributed by atoms with Crippen molar-refractivity contribution in [2.75, 3.05) is 36.4 Å². The van der Waals surface area contributed by atoms with Gasteiger partial charge in [-0.1, -0.05) is 41.4 Å². The quantitative estimate of drug-likeness (QED) is 0.177. The Morgan fingerprint density at radius 3 is 2.35 bits per heavy atom. The van der Waals surface area contributed by atoms with Gasteiger partial charge in [0, 0.05) is 65.8 Å². The molecule has 0 aliphatic carbocycles. The fourth-order valence-electron chi connectivity index (χ4n) is 4.47. The molecule has 3 aromatic carbocycles. The molecule has 0 radical (unpaired) electrons. The molecule has 1 aromatic heterocycles. The maximum atomic E-state index is 12.4. The molecule has 1 saturated heterocycles. The number of nitrogens with one attached hydrogen (secondary N) is 2. The standard InChI is InChI=1S/C31H28Cl2N4O2S/c32-24-7-5-22(6-8-24)29-15-13-27(39-29)14-16-30(38)35-31(40)34-25-9-11-26(12-10-25)37-19-17-36(18-20-37)21-23-3-1-2-4-28(23)33/h1-16H,17-21H2,(H2,34,35,38,40). The summed E-state index contributed by atoms with van der Waals surface area (Å²) in [4.78, 5) is 17.1. The normalized spacial score (nSPS) is 13.9. The van der Waals surface area contributed by atoms with E-state index < -0.39 is 0 Å². The Labute approximate surface area is 249 Å². The minimum absolute atomic E-state index is 0.219. The fourth-order valence-corrected chi connectivity index (χ4v) is 5.01. The van der Waals surface area contributed by atoms with Crippen LogP contribution < -0.4 is 15.5 Å². The largest absolute Gasteiger partial charge is 0.457 e. The Morgan fingerprint density at radius 2 is 1.62 bits per heavy atom. The smallest absolute Gasteiger partial charge is 0.250 e. The molecule has 204 valence electrons. The van der Waals surface area contributed by atoms with E-state index in [4.69, 9.17) is 39.8 Å². The van der Waals surface area contributed by atoms with Crippen molar-refractivity contribution < 1.29 is 9.21 Å². The van der Waals surface area contributed by atoms with E-state index in [-0.39, 0.29) is 11.0 Å². The second-order valence-electron chi connectivity index (χ2n) is 9.39. The number of halogens is 2. The van der Waals surface area contributed by atoms with Gasteiger partial charge in [-0.05, 0) is 90.6 Å². The third-order valence-electron chi connectivity index (χ3n) is 6.61. The summed E-state index contributed by atoms with van der Waals surface area (Å²) >= 11 is 17.6. The Hall–Kier alpha value is -3.62. The summed E-state index contributed by atoms with van der Waals surface area (Å²) in [6.07, 6.45) is 2.98. The zero-order chi connectivity index (χ0) is 27.9. The molecule has 0 spiro atoms. The summed E-state index contributed by atoms with van der Waals surface area (Å²) < 4.78 is 5.79. The molecule has 1 aliphatic rings. The van der Waals surface area contributed by atoms with Gasteiger partial charge in [-0.3, -0.25) is 15.0 Å². The lowest BCUT2D eigenvalue weighted by Gasteiger charge is -2.36. The van der Waals surface area contributed by atoms with Crippen LogP contribution in [0.5, 0.6) is 0 Å². The molecule has 1 amide bonds. The summed E-state index contributed by atoms with van der Waals surface area (Å²) in [5.74, 6) is 0.892. The predicted octanol–water partition coefficient (Wildman–Crippen LogP) is 7.10. The number of hydrogen-bond donors (Lipinski definition) is 2. The van der Waals surface area contributed by atoms with Crippen LogP contribution in [-0.2, 0) is 11.3 Å². The van der Waals surface area contributed by atoms with Gasteiger partial charge in [-0.25, -0.2) is 0 Å². The SMILES string of the molecule is O=C(C=Cc1ccc(-c2ccc(Cl)cc2)o1)NC(=S)Nc1ccc(N2CCN(Cc3ccccc3Cl)CC2)cc1. The second kappa shape index (κ2) is 13.2. The molecule has 0 atom stereocenters. The summed E-state index contributed by atoms with van der Waals surface area (Å²) in [6, 6.07) is 27.1. The molecule has 1 fully saturated rings. The van der Waals surface area contributed by atoms with E-state index in [1.807, 2.05) is 48.5 Å². The van der Waals surface area contributed by atoms with Gasteiger partial charge in [0.15, 0.2) is 5.11 Å². The van der Waals surface area contributed by atoms with Gasteiger partial charge in [0.05, 0.1) is 0 Å². The fraction of sp³-hybridized carbons (Fsp3) is 0.161. The topological polar surface area (TPSA) is 60.8 Å². The molecule has 5 rings (SSSR count). The van der Waals surface area contributed by atoms with Crippen molar-refractivity contribution in [1.29, 1.82) is 0 Å². The average Bonchev–Trinajstić information content (AvgIpc) is 3.44. The predicted molar refractivity (Wildman–Crippen MR) is 168 cm³/mol. The van der Waals surface area contributed by atoms with E-state index in [2.05, 4.69) is 38.6 Å². The first-order valence-corrected chi connectivity index (χ1v) is 14.1. The number of carbonyl (C=O) groups is 1. The highest BCUT2D eigenvalue weighted by molar-refractivity contribution is 7.80. The summed E-state index contributed by atoms with van der Waals surface area (Å²) in [5.41, 5.74) is 4.02. The van der Waals surface area contributed by atoms with Crippen LogP contribution in [0.15, 0.2) is 95.4 Å². The number of furan rings is 1. The Balaban J connectivity index is 1.07. The summed E-state index contributed by atoms with van der Waals surface area (Å²) in [5, 5.41) is 7.42. The van der Waals surface area contributed by atoms with Crippen LogP contribution in [0, 0.1) is 0 Å². The first kappa shape index (κ1) is 27.9. The lowest BCUT2D eigenvalue weighted by Crippen LogP contribution is -2.46. The van der Waals surface area contributed by atoms with Crippen molar-refractivity contribution in [2.45, 2.75) is 6.54 Å². The van der Waals surface area contributed by atoms with Crippen molar-refractivity contribution in [1.82, 2.24) is 10.2 Å². The molecule has 2 heterocycles. The monoisotopic (exact) mass is 590 g/mol. The summed E-state index contributed by atoms with van der Waals surface area (Å²) in [6.45, 7) is 4.68. The number of nitrogens with zero attached hydrogens (tertiary/aromatic N) is 2. The van der Waals surface area contributed by atoms with Crippen LogP contribution in [0.25, 0.3) is 17.4 Å². The zero-order valence-electron chi connectivity index (χ0n) is 21.6. The highest BCUT2D eigenvalue weighted by Crippen LogP contribution is 2.25. The van der Waals surface area contributed by atoms with Gasteiger partial charge in [-0.2, -0.15) is 0 Å². The van der Waals surface area contributed by atoms with Crippen molar-refractivity contribution in [2.24, 2.45) is 0 Å². The van der Waals surface area contributed by atoms with Crippen LogP contribution in [0.4, 0.5) is 11.4 Å². The summed E-state index contributed by atoms with van der Waals surface area (Å²) in [7, 11) is 0. The molecular formula is C31H28Cl2N4O2S. The number of anilines is 2. The molecule has 40 heavy (non-hydrogen) atoms. The van der Waals surface area contributed by atoms with Gasteiger partial charge in [0.25, 0.3) is 0 Å². The molecule has 6 nitrogen and oxygen atoms in total. The molecule has 1 aliphatic heterocycles. The van der Waals surface area contributed by atoms with Gasteiger partial charge in [0.2, 0.25) is 5.91 Å². The van der Waals surface area contributed by atoms with Crippen molar-refractivity contribution in [3.05, 3.63) is 112 Å². The van der Waals surface area contributed by atoms with E-state index >= 15 is 0 Å². The third-order valence-corrected chi connectivity index (χ3v) is 7.43. The highest BCUT2D eigenvalue weighted by atomic mass is 35.5. The van der Waals surface area contributed by atoms with E-state index in [0.717, 1.165) is 60.2 Å². The number of rotatable bonds is 7. The molecule has 0 unspecified atom stereocenters. The average molecular weight is 592 g/mol. The minimum Gasteiger partial charge on any atom is -0.457 e. The number of hydrogen-bond acceptors (Lipinski definition) is 5. The third kappa shape index (κ3) is 7.52. The van der Waals surface area contributed by atoms with E-state index in [1.165, 1.54) is 6.08 Å². The van der Waals surface area contributed by atoms with E-state index in [0.29, 0.717) is 16.5 Å². The first-order valence-electron chi connectivity index (χ1n) is 12.9. The second-order valence-corrected chi connectivity index (χ2v) is 10.6. The Morgan fingerprint density at radius 1 is 0.900 bits per heavy atom. The zero-order valence-corrected chi connectivity index (χ0v) is 24.0. The number of thiocarbonyl (C=S) groups is 1. The van der Waals surface area contributed by atoms with Crippen LogP contribution >= 0.6 is 35.4 Å². The maximum Gasteiger partial charge on any atom is 0.250 e. The highest BCUT2D eigenvalue weighted by Gasteiger charge is 2.18. The van der Waals surface area contributed by atoms with Crippen LogP contribution in [0.3, 0.4) is 0 Å². The Kier molecular flexibility index (Phi) is 9.19. The molecular weight excluding hydrogens is 563 g/mol. The Bertz CT molecular complexity index is 1490. The van der Waals surface area contributed by atoms with E-state index in [9.17, 15) is 4.79 Å². The van der Waals surface area contributed by atoms with Crippen molar-refractivity contribution >= 4 is 63.9 Å². The van der Waals surface area contributed by atoms with Crippen LogP contribution in [0.1, 0.15) is 11.3 Å². The van der Waals surface area contributed by atoms with Crippen LogP contribution in [-0.4, -0.2) is 42.1 Å². The number of carbonyl (C=O) groups excluding carboxylic acids is 1. The van der Waals surface area contributed by atoms with Crippen molar-refractivity contribution in [3.8, 4) is 11.3 Å². The number of piperazine rings is 1. The van der Waals surface area contributed by atoms with Gasteiger partial charge in [-0.15, -0.1) is 0 Å². The molecule has 9 heteroatoms. The number of benzene rings is 3. The van der Waals surface area contributed by atoms with Gasteiger partial charge < -0.3 is 14.6 Å². The minimum atomic E-state index is -0.353. The number of amides is 1.